The molecule has 1 fully saturated rings. The fraction of sp³-hybridized carbons (Fsp3) is 0.333. The first kappa shape index (κ1) is 22.1. The molecule has 2 N–H and O–H groups in total. The Hall–Kier alpha value is -3.56. The van der Waals surface area contributed by atoms with Crippen molar-refractivity contribution in [1.29, 1.82) is 0 Å². The van der Waals surface area contributed by atoms with E-state index in [9.17, 15) is 28.5 Å². The van der Waals surface area contributed by atoms with Gasteiger partial charge in [-0.25, -0.2) is 8.78 Å². The summed E-state index contributed by atoms with van der Waals surface area (Å²) >= 11 is 0. The molecular formula is C21H22F2N4O4. The number of carbonyl (C=O) groups is 2. The first-order valence-corrected chi connectivity index (χ1v) is 9.86. The second kappa shape index (κ2) is 9.96. The van der Waals surface area contributed by atoms with Gasteiger partial charge < -0.3 is 15.5 Å². The molecule has 3 rings (SSSR count). The number of hydrogen-bond donors (Lipinski definition) is 2. The van der Waals surface area contributed by atoms with Crippen molar-refractivity contribution in [3.63, 3.8) is 0 Å². The first-order valence-electron chi connectivity index (χ1n) is 9.86. The zero-order valence-corrected chi connectivity index (χ0v) is 16.6. The van der Waals surface area contributed by atoms with Gasteiger partial charge in [-0.15, -0.1) is 0 Å². The molecule has 8 nitrogen and oxygen atoms in total. The monoisotopic (exact) mass is 432 g/mol. The zero-order valence-electron chi connectivity index (χ0n) is 16.6. The molecule has 164 valence electrons. The Morgan fingerprint density at radius 2 is 1.81 bits per heavy atom. The van der Waals surface area contributed by atoms with Crippen LogP contribution in [0.4, 0.5) is 20.2 Å². The van der Waals surface area contributed by atoms with E-state index >= 15 is 0 Å². The molecule has 0 atom stereocenters. The van der Waals surface area contributed by atoms with E-state index in [2.05, 4.69) is 10.6 Å². The van der Waals surface area contributed by atoms with Crippen molar-refractivity contribution < 1.29 is 23.3 Å². The minimum Gasteiger partial charge on any atom is -0.378 e. The van der Waals surface area contributed by atoms with Gasteiger partial charge in [-0.05, 0) is 31.0 Å². The molecule has 0 aliphatic carbocycles. The number of benzene rings is 2. The molecule has 2 amide bonds. The van der Waals surface area contributed by atoms with Crippen LogP contribution in [-0.4, -0.2) is 47.8 Å². The van der Waals surface area contributed by atoms with Gasteiger partial charge in [0.25, 0.3) is 11.6 Å². The summed E-state index contributed by atoms with van der Waals surface area (Å²) in [6.07, 6.45) is 0.857. The highest BCUT2D eigenvalue weighted by Crippen LogP contribution is 2.23. The third-order valence-corrected chi connectivity index (χ3v) is 5.15. The number of anilines is 1. The number of nitro groups is 1. The Bertz CT molecular complexity index is 978. The van der Waals surface area contributed by atoms with E-state index in [0.717, 1.165) is 12.1 Å². The summed E-state index contributed by atoms with van der Waals surface area (Å²) in [4.78, 5) is 36.8. The van der Waals surface area contributed by atoms with Crippen molar-refractivity contribution in [2.45, 2.75) is 12.8 Å². The Morgan fingerprint density at radius 3 is 2.48 bits per heavy atom. The van der Waals surface area contributed by atoms with Gasteiger partial charge in [0.05, 0.1) is 10.5 Å². The van der Waals surface area contributed by atoms with Crippen molar-refractivity contribution in [3.05, 3.63) is 69.8 Å². The molecule has 0 spiro atoms. The molecule has 0 aromatic heterocycles. The maximum Gasteiger partial charge on any atom is 0.292 e. The molecular weight excluding hydrogens is 410 g/mol. The summed E-state index contributed by atoms with van der Waals surface area (Å²) in [7, 11) is 0. The van der Waals surface area contributed by atoms with Crippen molar-refractivity contribution in [1.82, 2.24) is 10.2 Å². The predicted molar refractivity (Wildman–Crippen MR) is 110 cm³/mol. The highest BCUT2D eigenvalue weighted by molar-refractivity contribution is 5.94. The maximum atomic E-state index is 13.8. The van der Waals surface area contributed by atoms with Crippen LogP contribution >= 0.6 is 0 Å². The summed E-state index contributed by atoms with van der Waals surface area (Å²) in [6, 6.07) is 9.08. The number of piperidine rings is 1. The lowest BCUT2D eigenvalue weighted by molar-refractivity contribution is -0.384. The first-order chi connectivity index (χ1) is 14.9. The molecule has 0 unspecified atom stereocenters. The molecule has 31 heavy (non-hydrogen) atoms. The second-order valence-electron chi connectivity index (χ2n) is 7.18. The summed E-state index contributed by atoms with van der Waals surface area (Å²) in [6.45, 7) is 1.19. The zero-order chi connectivity index (χ0) is 22.4. The third-order valence-electron chi connectivity index (χ3n) is 5.15. The number of carbonyl (C=O) groups excluding carboxylic acids is 2. The van der Waals surface area contributed by atoms with Gasteiger partial charge in [0.2, 0.25) is 5.91 Å². The van der Waals surface area contributed by atoms with Gasteiger partial charge in [-0.3, -0.25) is 19.7 Å². The summed E-state index contributed by atoms with van der Waals surface area (Å²) in [5.41, 5.74) is 0.149. The van der Waals surface area contributed by atoms with Gasteiger partial charge in [0.1, 0.15) is 17.3 Å². The third kappa shape index (κ3) is 5.53. The number of rotatable bonds is 7. The van der Waals surface area contributed by atoms with Crippen molar-refractivity contribution >= 4 is 23.2 Å². The molecule has 1 aliphatic rings. The van der Waals surface area contributed by atoms with Crippen LogP contribution in [0, 0.1) is 27.7 Å². The van der Waals surface area contributed by atoms with Crippen LogP contribution in [0.15, 0.2) is 42.5 Å². The molecule has 0 radical (unpaired) electrons. The lowest BCUT2D eigenvalue weighted by Gasteiger charge is -2.31. The number of hydrogen-bond acceptors (Lipinski definition) is 5. The molecule has 2 aromatic carbocycles. The highest BCUT2D eigenvalue weighted by Gasteiger charge is 2.28. The summed E-state index contributed by atoms with van der Waals surface area (Å²) in [5.74, 6) is -2.63. The van der Waals surface area contributed by atoms with E-state index in [-0.39, 0.29) is 29.6 Å². The smallest absolute Gasteiger partial charge is 0.292 e. The fourth-order valence-corrected chi connectivity index (χ4v) is 3.49. The van der Waals surface area contributed by atoms with Crippen molar-refractivity contribution in [2.24, 2.45) is 5.92 Å². The molecule has 1 aliphatic heterocycles. The molecule has 0 saturated carbocycles. The standard InChI is InChI=1S/C21H22F2N4O4/c22-15-5-6-16(17(23)13-15)21(29)26-11-7-14(8-12-26)20(28)25-10-9-24-18-3-1-2-4-19(18)27(30)31/h1-6,13-14,24H,7-12H2,(H,25,28). The SMILES string of the molecule is O=C(NCCNc1ccccc1[N+](=O)[O-])C1CCN(C(=O)c2ccc(F)cc2F)CC1. The Labute approximate surface area is 177 Å². The normalized spacial score (nSPS) is 14.2. The van der Waals surface area contributed by atoms with Crippen molar-refractivity contribution in [2.75, 3.05) is 31.5 Å². The number of nitrogens with one attached hydrogen (secondary N) is 2. The Morgan fingerprint density at radius 1 is 1.10 bits per heavy atom. The van der Waals surface area contributed by atoms with Crippen LogP contribution in [0.5, 0.6) is 0 Å². The van der Waals surface area contributed by atoms with Crippen molar-refractivity contribution in [3.8, 4) is 0 Å². The van der Waals surface area contributed by atoms with Gasteiger partial charge in [0, 0.05) is 44.2 Å². The van der Waals surface area contributed by atoms with Gasteiger partial charge in [-0.1, -0.05) is 12.1 Å². The number of amides is 2. The van der Waals surface area contributed by atoms with E-state index in [0.29, 0.717) is 44.2 Å². The van der Waals surface area contributed by atoms with Crippen LogP contribution in [0.1, 0.15) is 23.2 Å². The number of likely N-dealkylation sites (tertiary alicyclic amines) is 1. The number of para-hydroxylation sites is 2. The van der Waals surface area contributed by atoms with Gasteiger partial charge in [0.15, 0.2) is 0 Å². The fourth-order valence-electron chi connectivity index (χ4n) is 3.49. The maximum absolute atomic E-state index is 13.8. The summed E-state index contributed by atoms with van der Waals surface area (Å²) < 4.78 is 26.9. The van der Waals surface area contributed by atoms with E-state index in [1.807, 2.05) is 0 Å². The molecule has 10 heteroatoms. The highest BCUT2D eigenvalue weighted by atomic mass is 19.1. The van der Waals surface area contributed by atoms with E-state index in [4.69, 9.17) is 0 Å². The summed E-state index contributed by atoms with van der Waals surface area (Å²) in [5, 5.41) is 16.7. The van der Waals surface area contributed by atoms with E-state index < -0.39 is 22.5 Å². The minimum absolute atomic E-state index is 0.0385. The van der Waals surface area contributed by atoms with Crippen LogP contribution in [0.3, 0.4) is 0 Å². The number of halogens is 2. The average molecular weight is 432 g/mol. The van der Waals surface area contributed by atoms with Crippen LogP contribution in [0.25, 0.3) is 0 Å². The average Bonchev–Trinajstić information content (AvgIpc) is 2.76. The largest absolute Gasteiger partial charge is 0.378 e. The molecule has 1 heterocycles. The molecule has 2 aromatic rings. The minimum atomic E-state index is -0.906. The van der Waals surface area contributed by atoms with Gasteiger partial charge in [-0.2, -0.15) is 0 Å². The molecule has 1 saturated heterocycles. The van der Waals surface area contributed by atoms with Gasteiger partial charge >= 0.3 is 0 Å². The number of nitrogens with zero attached hydrogens (tertiary/aromatic N) is 2. The Kier molecular flexibility index (Phi) is 7.11. The topological polar surface area (TPSA) is 105 Å². The lowest BCUT2D eigenvalue weighted by atomic mass is 9.95. The van der Waals surface area contributed by atoms with Crippen LogP contribution < -0.4 is 10.6 Å². The van der Waals surface area contributed by atoms with Crippen LogP contribution in [-0.2, 0) is 4.79 Å². The van der Waals surface area contributed by atoms with E-state index in [1.165, 1.54) is 11.0 Å². The second-order valence-corrected chi connectivity index (χ2v) is 7.18. The number of nitro benzene ring substituents is 1. The lowest BCUT2D eigenvalue weighted by Crippen LogP contribution is -2.43. The Balaban J connectivity index is 1.43. The van der Waals surface area contributed by atoms with E-state index in [1.54, 1.807) is 18.2 Å². The van der Waals surface area contributed by atoms with Crippen LogP contribution in [0.2, 0.25) is 0 Å². The molecule has 0 bridgehead atoms. The quantitative estimate of drug-likeness (QED) is 0.398. The predicted octanol–water partition coefficient (Wildman–Crippen LogP) is 2.95.